The van der Waals surface area contributed by atoms with Crippen LogP contribution in [-0.2, 0) is 11.2 Å². The molecule has 6 nitrogen and oxygen atoms in total. The molecule has 0 bridgehead atoms. The van der Waals surface area contributed by atoms with Gasteiger partial charge in [-0.25, -0.2) is 4.98 Å². The Morgan fingerprint density at radius 1 is 1.18 bits per heavy atom. The molecule has 1 aromatic heterocycles. The van der Waals surface area contributed by atoms with Gasteiger partial charge in [0.05, 0.1) is 18.5 Å². The molecule has 0 unspecified atom stereocenters. The monoisotopic (exact) mass is 480 g/mol. The van der Waals surface area contributed by atoms with E-state index in [2.05, 4.69) is 28.3 Å². The van der Waals surface area contributed by atoms with Gasteiger partial charge in [-0.15, -0.1) is 0 Å². The molecule has 7 heteroatoms. The maximum Gasteiger partial charge on any atom is 0.223 e. The van der Waals surface area contributed by atoms with Crippen molar-refractivity contribution in [2.45, 2.75) is 25.7 Å². The van der Waals surface area contributed by atoms with Crippen LogP contribution >= 0.6 is 11.6 Å². The van der Waals surface area contributed by atoms with Crippen LogP contribution in [0.25, 0.3) is 11.8 Å². The van der Waals surface area contributed by atoms with Crippen LogP contribution in [0.5, 0.6) is 5.75 Å². The van der Waals surface area contributed by atoms with Gasteiger partial charge in [0.1, 0.15) is 5.75 Å². The summed E-state index contributed by atoms with van der Waals surface area (Å²) in [4.78, 5) is 18.4. The van der Waals surface area contributed by atoms with Gasteiger partial charge in [-0.2, -0.15) is 0 Å². The molecule has 34 heavy (non-hydrogen) atoms. The standard InChI is InChI=1S/C27H33ClN4O2/c1-31(18-14-23-10-13-26(34-2)25(28)20-23)17-4-3-15-30-27(33)7-5-6-22-8-11-24(12-9-22)32-19-16-29-21-32/h5-6,8-13,16,19-21H,3-4,7,14-15,17-18H2,1-2H3,(H,30,33). The Bertz CT molecular complexity index is 1050. The number of nitrogens with one attached hydrogen (secondary N) is 1. The van der Waals surface area contributed by atoms with Crippen molar-refractivity contribution in [1.29, 1.82) is 0 Å². The summed E-state index contributed by atoms with van der Waals surface area (Å²) < 4.78 is 7.15. The van der Waals surface area contributed by atoms with E-state index in [9.17, 15) is 4.79 Å². The molecule has 0 fully saturated rings. The lowest BCUT2D eigenvalue weighted by Crippen LogP contribution is -2.26. The van der Waals surface area contributed by atoms with E-state index in [1.165, 1.54) is 5.56 Å². The fourth-order valence-electron chi connectivity index (χ4n) is 3.58. The number of halogens is 1. The van der Waals surface area contributed by atoms with Gasteiger partial charge in [0.25, 0.3) is 0 Å². The fraction of sp³-hybridized carbons (Fsp3) is 0.333. The number of benzene rings is 2. The predicted molar refractivity (Wildman–Crippen MR) is 139 cm³/mol. The summed E-state index contributed by atoms with van der Waals surface area (Å²) >= 11 is 6.19. The van der Waals surface area contributed by atoms with Crippen molar-refractivity contribution in [3.05, 3.63) is 83.4 Å². The second-order valence-electron chi connectivity index (χ2n) is 8.25. The van der Waals surface area contributed by atoms with Gasteiger partial charge in [-0.3, -0.25) is 4.79 Å². The van der Waals surface area contributed by atoms with E-state index < -0.39 is 0 Å². The van der Waals surface area contributed by atoms with Crippen molar-refractivity contribution in [1.82, 2.24) is 19.8 Å². The van der Waals surface area contributed by atoms with Gasteiger partial charge in [-0.1, -0.05) is 42.0 Å². The van der Waals surface area contributed by atoms with Crippen LogP contribution in [0.2, 0.25) is 5.02 Å². The van der Waals surface area contributed by atoms with Gasteiger partial charge < -0.3 is 19.5 Å². The van der Waals surface area contributed by atoms with Gasteiger partial charge in [-0.05, 0) is 68.2 Å². The van der Waals surface area contributed by atoms with Crippen LogP contribution in [0, 0.1) is 0 Å². The summed E-state index contributed by atoms with van der Waals surface area (Å²) in [5, 5.41) is 3.65. The minimum atomic E-state index is 0.0519. The molecule has 0 spiro atoms. The highest BCUT2D eigenvalue weighted by molar-refractivity contribution is 6.32. The molecular formula is C27H33ClN4O2. The van der Waals surface area contributed by atoms with E-state index in [1.807, 2.05) is 59.3 Å². The summed E-state index contributed by atoms with van der Waals surface area (Å²) in [5.74, 6) is 0.757. The van der Waals surface area contributed by atoms with Crippen molar-refractivity contribution >= 4 is 23.6 Å². The Labute approximate surface area is 207 Å². The van der Waals surface area contributed by atoms with E-state index >= 15 is 0 Å². The first-order valence-electron chi connectivity index (χ1n) is 11.6. The number of unbranched alkanes of at least 4 members (excludes halogenated alkanes) is 1. The van der Waals surface area contributed by atoms with E-state index in [4.69, 9.17) is 16.3 Å². The zero-order valence-corrected chi connectivity index (χ0v) is 20.7. The van der Waals surface area contributed by atoms with Crippen molar-refractivity contribution in [3.8, 4) is 11.4 Å². The maximum atomic E-state index is 12.1. The second-order valence-corrected chi connectivity index (χ2v) is 8.65. The third-order valence-corrected chi connectivity index (χ3v) is 5.89. The van der Waals surface area contributed by atoms with Gasteiger partial charge in [0.15, 0.2) is 0 Å². The third-order valence-electron chi connectivity index (χ3n) is 5.60. The average molecular weight is 481 g/mol. The summed E-state index contributed by atoms with van der Waals surface area (Å²) in [6.45, 7) is 2.66. The van der Waals surface area contributed by atoms with E-state index in [1.54, 1.807) is 19.6 Å². The highest BCUT2D eigenvalue weighted by atomic mass is 35.5. The second kappa shape index (κ2) is 13.6. The molecule has 1 heterocycles. The highest BCUT2D eigenvalue weighted by Crippen LogP contribution is 2.25. The smallest absolute Gasteiger partial charge is 0.223 e. The number of rotatable bonds is 13. The lowest BCUT2D eigenvalue weighted by atomic mass is 10.1. The van der Waals surface area contributed by atoms with Crippen LogP contribution in [0.4, 0.5) is 0 Å². The van der Waals surface area contributed by atoms with Crippen LogP contribution in [-0.4, -0.2) is 54.1 Å². The third kappa shape index (κ3) is 8.36. The first-order valence-corrected chi connectivity index (χ1v) is 12.0. The lowest BCUT2D eigenvalue weighted by Gasteiger charge is -2.17. The van der Waals surface area contributed by atoms with Gasteiger partial charge in [0, 0.05) is 37.6 Å². The van der Waals surface area contributed by atoms with Crippen LogP contribution in [0.15, 0.2) is 67.3 Å². The fourth-order valence-corrected chi connectivity index (χ4v) is 3.86. The summed E-state index contributed by atoms with van der Waals surface area (Å²) in [7, 11) is 3.74. The number of amides is 1. The Morgan fingerprint density at radius 2 is 2.00 bits per heavy atom. The maximum absolute atomic E-state index is 12.1. The zero-order chi connectivity index (χ0) is 24.2. The van der Waals surface area contributed by atoms with E-state index in [0.717, 1.165) is 43.6 Å². The molecule has 1 amide bonds. The molecule has 0 aliphatic carbocycles. The SMILES string of the molecule is COc1ccc(CCN(C)CCCCNC(=O)CC=Cc2ccc(-n3ccnc3)cc2)cc1Cl. The molecule has 3 rings (SSSR count). The number of methoxy groups -OCH3 is 1. The van der Waals surface area contributed by atoms with E-state index in [-0.39, 0.29) is 5.91 Å². The summed E-state index contributed by atoms with van der Waals surface area (Å²) in [5.41, 5.74) is 3.33. The zero-order valence-electron chi connectivity index (χ0n) is 19.9. The lowest BCUT2D eigenvalue weighted by molar-refractivity contribution is -0.120. The highest BCUT2D eigenvalue weighted by Gasteiger charge is 2.04. The molecule has 180 valence electrons. The number of hydrogen-bond donors (Lipinski definition) is 1. The number of nitrogens with zero attached hydrogens (tertiary/aromatic N) is 3. The first kappa shape index (κ1) is 25.5. The minimum Gasteiger partial charge on any atom is -0.495 e. The molecule has 0 atom stereocenters. The number of imidazole rings is 1. The topological polar surface area (TPSA) is 59.4 Å². The van der Waals surface area contributed by atoms with Gasteiger partial charge >= 0.3 is 0 Å². The molecule has 2 aromatic carbocycles. The number of carbonyl (C=O) groups is 1. The normalized spacial score (nSPS) is 11.3. The Balaban J connectivity index is 1.25. The largest absolute Gasteiger partial charge is 0.495 e. The van der Waals surface area contributed by atoms with Gasteiger partial charge in [0.2, 0.25) is 5.91 Å². The molecule has 0 aliphatic rings. The quantitative estimate of drug-likeness (QED) is 0.349. The summed E-state index contributed by atoms with van der Waals surface area (Å²) in [6, 6.07) is 14.1. The van der Waals surface area contributed by atoms with E-state index in [0.29, 0.717) is 23.7 Å². The molecule has 1 N–H and O–H groups in total. The van der Waals surface area contributed by atoms with Crippen molar-refractivity contribution in [2.24, 2.45) is 0 Å². The summed E-state index contributed by atoms with van der Waals surface area (Å²) in [6.07, 6.45) is 12.6. The molecule has 0 saturated heterocycles. The number of aromatic nitrogens is 2. The Kier molecular flexibility index (Phi) is 10.2. The predicted octanol–water partition coefficient (Wildman–Crippen LogP) is 5.01. The molecular weight excluding hydrogens is 448 g/mol. The van der Waals surface area contributed by atoms with Crippen molar-refractivity contribution in [3.63, 3.8) is 0 Å². The van der Waals surface area contributed by atoms with Crippen LogP contribution in [0.1, 0.15) is 30.4 Å². The molecule has 3 aromatic rings. The number of carbonyl (C=O) groups excluding carboxylic acids is 1. The number of likely N-dealkylation sites (N-methyl/N-ethyl adjacent to an activating group) is 1. The molecule has 0 saturated carbocycles. The average Bonchev–Trinajstić information content (AvgIpc) is 3.38. The Morgan fingerprint density at radius 3 is 2.71 bits per heavy atom. The minimum absolute atomic E-state index is 0.0519. The molecule has 0 radical (unpaired) electrons. The number of hydrogen-bond acceptors (Lipinski definition) is 4. The number of ether oxygens (including phenoxy) is 1. The van der Waals surface area contributed by atoms with Crippen molar-refractivity contribution < 1.29 is 9.53 Å². The Hall–Kier alpha value is -3.09. The van der Waals surface area contributed by atoms with Crippen molar-refractivity contribution in [2.75, 3.05) is 33.8 Å². The van der Waals surface area contributed by atoms with Crippen LogP contribution < -0.4 is 10.1 Å². The first-order chi connectivity index (χ1) is 16.5. The van der Waals surface area contributed by atoms with Crippen LogP contribution in [0.3, 0.4) is 0 Å². The molecule has 0 aliphatic heterocycles.